The molecule has 0 radical (unpaired) electrons. The van der Waals surface area contributed by atoms with Gasteiger partial charge in [0, 0.05) is 27.1 Å². The fraction of sp³-hybridized carbons (Fsp3) is 0. The lowest BCUT2D eigenvalue weighted by Gasteiger charge is -2.10. The van der Waals surface area contributed by atoms with Gasteiger partial charge in [-0.3, -0.25) is 4.79 Å². The van der Waals surface area contributed by atoms with Crippen LogP contribution in [0.25, 0.3) is 28.1 Å². The number of aromatic nitrogens is 1. The van der Waals surface area contributed by atoms with Crippen molar-refractivity contribution in [3.63, 3.8) is 0 Å². The first-order valence-electron chi connectivity index (χ1n) is 6.24. The number of fused-ring (bicyclic) bond motifs is 1. The van der Waals surface area contributed by atoms with E-state index < -0.39 is 0 Å². The van der Waals surface area contributed by atoms with E-state index in [9.17, 15) is 4.79 Å². The summed E-state index contributed by atoms with van der Waals surface area (Å²) in [6.07, 6.45) is 1.58. The molecule has 0 saturated heterocycles. The Morgan fingerprint density at radius 1 is 1.10 bits per heavy atom. The maximum Gasteiger partial charge on any atom is 0.256 e. The summed E-state index contributed by atoms with van der Waals surface area (Å²) < 4.78 is 0. The van der Waals surface area contributed by atoms with Crippen LogP contribution in [0.15, 0.2) is 59.9 Å². The van der Waals surface area contributed by atoms with Crippen LogP contribution in [0.3, 0.4) is 0 Å². The molecule has 3 heteroatoms. The van der Waals surface area contributed by atoms with Crippen molar-refractivity contribution in [1.29, 1.82) is 0 Å². The number of benzene rings is 2. The van der Waals surface area contributed by atoms with Crippen LogP contribution in [0, 0.1) is 0 Å². The minimum Gasteiger partial charge on any atom is -0.321 e. The highest BCUT2D eigenvalue weighted by molar-refractivity contribution is 6.31. The standard InChI is InChI=1S/C17H12ClNO/c1-2-13-16(11-6-4-3-5-7-11)14-10-12(18)8-9-15(14)19-17(13)20/h2-10H,1H2,(H,19,20). The van der Waals surface area contributed by atoms with Crippen LogP contribution in [0.1, 0.15) is 5.56 Å². The number of pyridine rings is 1. The Morgan fingerprint density at radius 2 is 1.85 bits per heavy atom. The van der Waals surface area contributed by atoms with Crippen molar-refractivity contribution in [2.75, 3.05) is 0 Å². The smallest absolute Gasteiger partial charge is 0.256 e. The number of nitrogens with one attached hydrogen (secondary N) is 1. The summed E-state index contributed by atoms with van der Waals surface area (Å²) in [5.41, 5.74) is 3.02. The molecule has 20 heavy (non-hydrogen) atoms. The van der Waals surface area contributed by atoms with E-state index in [0.29, 0.717) is 10.6 Å². The molecule has 0 amide bonds. The number of aromatic amines is 1. The number of rotatable bonds is 2. The summed E-state index contributed by atoms with van der Waals surface area (Å²) >= 11 is 6.10. The van der Waals surface area contributed by atoms with Crippen molar-refractivity contribution in [3.8, 4) is 11.1 Å². The topological polar surface area (TPSA) is 32.9 Å². The van der Waals surface area contributed by atoms with Crippen molar-refractivity contribution >= 4 is 28.6 Å². The first-order chi connectivity index (χ1) is 9.70. The maximum atomic E-state index is 12.2. The van der Waals surface area contributed by atoms with Gasteiger partial charge in [-0.15, -0.1) is 0 Å². The number of H-pyrrole nitrogens is 1. The van der Waals surface area contributed by atoms with Crippen LogP contribution in [-0.2, 0) is 0 Å². The Morgan fingerprint density at radius 3 is 2.55 bits per heavy atom. The van der Waals surface area contributed by atoms with Gasteiger partial charge in [-0.05, 0) is 23.8 Å². The third kappa shape index (κ3) is 2.04. The zero-order chi connectivity index (χ0) is 14.1. The van der Waals surface area contributed by atoms with E-state index >= 15 is 0 Å². The van der Waals surface area contributed by atoms with E-state index in [0.717, 1.165) is 22.0 Å². The third-order valence-corrected chi connectivity index (χ3v) is 3.51. The summed E-state index contributed by atoms with van der Waals surface area (Å²) in [6, 6.07) is 15.2. The average Bonchev–Trinajstić information content (AvgIpc) is 2.47. The lowest BCUT2D eigenvalue weighted by Crippen LogP contribution is -2.11. The Bertz CT molecular complexity index is 850. The van der Waals surface area contributed by atoms with Gasteiger partial charge in [0.2, 0.25) is 0 Å². The lowest BCUT2D eigenvalue weighted by molar-refractivity contribution is 1.29. The third-order valence-electron chi connectivity index (χ3n) is 3.28. The molecule has 0 aliphatic carbocycles. The zero-order valence-electron chi connectivity index (χ0n) is 10.7. The molecular formula is C17H12ClNO. The molecule has 2 aromatic carbocycles. The molecule has 3 aromatic rings. The van der Waals surface area contributed by atoms with Gasteiger partial charge in [0.05, 0.1) is 0 Å². The zero-order valence-corrected chi connectivity index (χ0v) is 11.4. The molecule has 98 valence electrons. The van der Waals surface area contributed by atoms with Gasteiger partial charge in [-0.1, -0.05) is 54.6 Å². The van der Waals surface area contributed by atoms with Crippen LogP contribution in [0.4, 0.5) is 0 Å². The molecule has 1 N–H and O–H groups in total. The van der Waals surface area contributed by atoms with Crippen molar-refractivity contribution in [2.45, 2.75) is 0 Å². The largest absolute Gasteiger partial charge is 0.321 e. The Hall–Kier alpha value is -2.32. The van der Waals surface area contributed by atoms with Crippen LogP contribution < -0.4 is 5.56 Å². The van der Waals surface area contributed by atoms with Gasteiger partial charge in [0.1, 0.15) is 0 Å². The van der Waals surface area contributed by atoms with E-state index in [1.807, 2.05) is 42.5 Å². The predicted molar refractivity (Wildman–Crippen MR) is 85.1 cm³/mol. The van der Waals surface area contributed by atoms with Gasteiger partial charge < -0.3 is 4.98 Å². The molecule has 1 heterocycles. The molecule has 2 nitrogen and oxygen atoms in total. The highest BCUT2D eigenvalue weighted by atomic mass is 35.5. The first kappa shape index (κ1) is 12.7. The Labute approximate surface area is 121 Å². The van der Waals surface area contributed by atoms with Crippen LogP contribution in [-0.4, -0.2) is 4.98 Å². The van der Waals surface area contributed by atoms with Gasteiger partial charge in [-0.25, -0.2) is 0 Å². The Kier molecular flexibility index (Phi) is 3.17. The minimum absolute atomic E-state index is 0.145. The van der Waals surface area contributed by atoms with E-state index in [1.165, 1.54) is 0 Å². The normalized spacial score (nSPS) is 10.7. The molecular weight excluding hydrogens is 270 g/mol. The predicted octanol–water partition coefficient (Wildman–Crippen LogP) is 4.49. The molecule has 0 atom stereocenters. The molecule has 0 fully saturated rings. The van der Waals surface area contributed by atoms with Gasteiger partial charge >= 0.3 is 0 Å². The average molecular weight is 282 g/mol. The first-order valence-corrected chi connectivity index (χ1v) is 6.62. The van der Waals surface area contributed by atoms with Crippen LogP contribution >= 0.6 is 11.6 Å². The van der Waals surface area contributed by atoms with Gasteiger partial charge in [0.25, 0.3) is 5.56 Å². The molecule has 1 aromatic heterocycles. The SMILES string of the molecule is C=Cc1c(-c2ccccc2)c2cc(Cl)ccc2[nH]c1=O. The van der Waals surface area contributed by atoms with Crippen LogP contribution in [0.2, 0.25) is 5.02 Å². The van der Waals surface area contributed by atoms with Crippen molar-refractivity contribution in [1.82, 2.24) is 4.98 Å². The molecule has 0 unspecified atom stereocenters. The monoisotopic (exact) mass is 281 g/mol. The van der Waals surface area contributed by atoms with E-state index in [2.05, 4.69) is 11.6 Å². The van der Waals surface area contributed by atoms with Gasteiger partial charge in [0.15, 0.2) is 0 Å². The summed E-state index contributed by atoms with van der Waals surface area (Å²) in [5.74, 6) is 0. The summed E-state index contributed by atoms with van der Waals surface area (Å²) in [5, 5.41) is 1.55. The molecule has 0 aliphatic heterocycles. The summed E-state index contributed by atoms with van der Waals surface area (Å²) in [7, 11) is 0. The maximum absolute atomic E-state index is 12.2. The number of hydrogen-bond acceptors (Lipinski definition) is 1. The van der Waals surface area contributed by atoms with Crippen LogP contribution in [0.5, 0.6) is 0 Å². The quantitative estimate of drug-likeness (QED) is 0.737. The fourth-order valence-corrected chi connectivity index (χ4v) is 2.56. The second-order valence-electron chi connectivity index (χ2n) is 4.50. The second kappa shape index (κ2) is 4.99. The van der Waals surface area contributed by atoms with Crippen molar-refractivity contribution in [3.05, 3.63) is 76.0 Å². The minimum atomic E-state index is -0.145. The summed E-state index contributed by atoms with van der Waals surface area (Å²) in [4.78, 5) is 15.0. The lowest BCUT2D eigenvalue weighted by atomic mass is 9.96. The summed E-state index contributed by atoms with van der Waals surface area (Å²) in [6.45, 7) is 3.75. The number of halogens is 1. The number of hydrogen-bond donors (Lipinski definition) is 1. The van der Waals surface area contributed by atoms with E-state index in [1.54, 1.807) is 12.1 Å². The molecule has 0 aliphatic rings. The Balaban J connectivity index is 2.52. The highest BCUT2D eigenvalue weighted by Crippen LogP contribution is 2.31. The van der Waals surface area contributed by atoms with E-state index in [4.69, 9.17) is 11.6 Å². The van der Waals surface area contributed by atoms with Gasteiger partial charge in [-0.2, -0.15) is 0 Å². The second-order valence-corrected chi connectivity index (χ2v) is 4.94. The van der Waals surface area contributed by atoms with Crippen molar-refractivity contribution in [2.24, 2.45) is 0 Å². The molecule has 0 bridgehead atoms. The molecule has 3 rings (SSSR count). The van der Waals surface area contributed by atoms with E-state index in [-0.39, 0.29) is 5.56 Å². The fourth-order valence-electron chi connectivity index (χ4n) is 2.39. The highest BCUT2D eigenvalue weighted by Gasteiger charge is 2.12. The molecule has 0 spiro atoms. The van der Waals surface area contributed by atoms with Crippen molar-refractivity contribution < 1.29 is 0 Å². The molecule has 0 saturated carbocycles.